The van der Waals surface area contributed by atoms with Crippen molar-refractivity contribution in [1.29, 1.82) is 0 Å². The average molecular weight is 292 g/mol. The minimum atomic E-state index is -0.542. The summed E-state index contributed by atoms with van der Waals surface area (Å²) < 4.78 is 0. The number of nitrogens with one attached hydrogen (secondary N) is 2. The highest BCUT2D eigenvalue weighted by Crippen LogP contribution is 2.30. The molecule has 0 spiro atoms. The topological polar surface area (TPSA) is 81.6 Å². The monoisotopic (exact) mass is 292 g/mol. The molecule has 0 saturated heterocycles. The fourth-order valence-electron chi connectivity index (χ4n) is 2.09. The van der Waals surface area contributed by atoms with Gasteiger partial charge in [-0.25, -0.2) is 0 Å². The molecule has 5 heteroatoms. The molecule has 1 aromatic carbocycles. The standard InChI is InChI=1S/C16H24N2O3/c1-11(19)10-17-9-8-15(20)12-4-6-14(7-5-12)18-16(21)13-2-3-13/h4-7,11,13,15,17,19-20H,2-3,8-10H2,1H3,(H,18,21). The number of anilines is 1. The number of benzene rings is 1. The lowest BCUT2D eigenvalue weighted by Crippen LogP contribution is -2.26. The van der Waals surface area contributed by atoms with Gasteiger partial charge >= 0.3 is 0 Å². The highest BCUT2D eigenvalue weighted by molar-refractivity contribution is 5.93. The van der Waals surface area contributed by atoms with Gasteiger partial charge in [0.05, 0.1) is 12.2 Å². The molecule has 21 heavy (non-hydrogen) atoms. The maximum Gasteiger partial charge on any atom is 0.227 e. The third kappa shape index (κ3) is 5.46. The Balaban J connectivity index is 1.76. The fourth-order valence-corrected chi connectivity index (χ4v) is 2.09. The van der Waals surface area contributed by atoms with Crippen LogP contribution < -0.4 is 10.6 Å². The Hall–Kier alpha value is -1.43. The molecule has 0 radical (unpaired) electrons. The summed E-state index contributed by atoms with van der Waals surface area (Å²) >= 11 is 0. The maximum atomic E-state index is 11.6. The molecule has 1 aromatic rings. The second kappa shape index (κ2) is 7.54. The minimum Gasteiger partial charge on any atom is -0.392 e. The number of aliphatic hydroxyl groups is 2. The van der Waals surface area contributed by atoms with Gasteiger partial charge < -0.3 is 20.8 Å². The van der Waals surface area contributed by atoms with Crippen LogP contribution in [0.2, 0.25) is 0 Å². The van der Waals surface area contributed by atoms with Crippen molar-refractivity contribution in [1.82, 2.24) is 5.32 Å². The zero-order valence-electron chi connectivity index (χ0n) is 12.4. The van der Waals surface area contributed by atoms with Crippen LogP contribution in [0, 0.1) is 5.92 Å². The first-order chi connectivity index (χ1) is 10.1. The van der Waals surface area contributed by atoms with Crippen LogP contribution in [0.5, 0.6) is 0 Å². The van der Waals surface area contributed by atoms with E-state index in [2.05, 4.69) is 10.6 Å². The SMILES string of the molecule is CC(O)CNCCC(O)c1ccc(NC(=O)C2CC2)cc1. The van der Waals surface area contributed by atoms with E-state index in [0.717, 1.165) is 24.1 Å². The van der Waals surface area contributed by atoms with Gasteiger partial charge in [-0.15, -0.1) is 0 Å². The molecule has 0 aromatic heterocycles. The average Bonchev–Trinajstić information content (AvgIpc) is 3.28. The number of hydrogen-bond donors (Lipinski definition) is 4. The van der Waals surface area contributed by atoms with Crippen molar-refractivity contribution in [2.24, 2.45) is 5.92 Å². The molecule has 2 atom stereocenters. The second-order valence-electron chi connectivity index (χ2n) is 5.74. The molecular formula is C16H24N2O3. The number of hydrogen-bond acceptors (Lipinski definition) is 4. The van der Waals surface area contributed by atoms with Crippen molar-refractivity contribution >= 4 is 11.6 Å². The summed E-state index contributed by atoms with van der Waals surface area (Å²) in [6.07, 6.45) is 1.64. The van der Waals surface area contributed by atoms with E-state index in [4.69, 9.17) is 5.11 Å². The van der Waals surface area contributed by atoms with Crippen LogP contribution in [0.4, 0.5) is 5.69 Å². The van der Waals surface area contributed by atoms with Gasteiger partial charge in [-0.3, -0.25) is 4.79 Å². The molecule has 1 fully saturated rings. The van der Waals surface area contributed by atoms with Crippen molar-refractivity contribution in [3.05, 3.63) is 29.8 Å². The van der Waals surface area contributed by atoms with Crippen molar-refractivity contribution in [3.63, 3.8) is 0 Å². The first-order valence-corrected chi connectivity index (χ1v) is 7.54. The summed E-state index contributed by atoms with van der Waals surface area (Å²) in [7, 11) is 0. The maximum absolute atomic E-state index is 11.6. The summed E-state index contributed by atoms with van der Waals surface area (Å²) in [6.45, 7) is 2.89. The summed E-state index contributed by atoms with van der Waals surface area (Å²) in [5, 5.41) is 25.1. The Bertz CT molecular complexity index is 455. The highest BCUT2D eigenvalue weighted by Gasteiger charge is 2.29. The van der Waals surface area contributed by atoms with E-state index in [0.29, 0.717) is 19.5 Å². The van der Waals surface area contributed by atoms with Gasteiger partial charge in [0, 0.05) is 18.2 Å². The van der Waals surface area contributed by atoms with Gasteiger partial charge in [-0.1, -0.05) is 12.1 Å². The van der Waals surface area contributed by atoms with Crippen LogP contribution in [0.15, 0.2) is 24.3 Å². The van der Waals surface area contributed by atoms with E-state index in [-0.39, 0.29) is 17.9 Å². The molecule has 2 rings (SSSR count). The highest BCUT2D eigenvalue weighted by atomic mass is 16.3. The molecule has 4 N–H and O–H groups in total. The number of rotatable bonds is 8. The largest absolute Gasteiger partial charge is 0.392 e. The first-order valence-electron chi connectivity index (χ1n) is 7.54. The van der Waals surface area contributed by atoms with E-state index >= 15 is 0 Å². The zero-order valence-corrected chi connectivity index (χ0v) is 12.4. The Morgan fingerprint density at radius 2 is 1.95 bits per heavy atom. The number of carbonyl (C=O) groups excluding carboxylic acids is 1. The number of aliphatic hydroxyl groups excluding tert-OH is 2. The van der Waals surface area contributed by atoms with Crippen LogP contribution in [-0.4, -0.2) is 35.3 Å². The molecule has 0 bridgehead atoms. The smallest absolute Gasteiger partial charge is 0.227 e. The second-order valence-corrected chi connectivity index (χ2v) is 5.74. The van der Waals surface area contributed by atoms with E-state index in [1.165, 1.54) is 0 Å². The van der Waals surface area contributed by atoms with E-state index in [1.54, 1.807) is 6.92 Å². The third-order valence-corrected chi connectivity index (χ3v) is 3.55. The normalized spacial score (nSPS) is 17.3. The Labute approximate surface area is 125 Å². The predicted octanol–water partition coefficient (Wildman–Crippen LogP) is 1.43. The fraction of sp³-hybridized carbons (Fsp3) is 0.562. The molecule has 0 heterocycles. The van der Waals surface area contributed by atoms with Crippen LogP contribution in [-0.2, 0) is 4.79 Å². The molecule has 116 valence electrons. The van der Waals surface area contributed by atoms with Crippen LogP contribution >= 0.6 is 0 Å². The lowest BCUT2D eigenvalue weighted by Gasteiger charge is -2.13. The number of carbonyl (C=O) groups is 1. The molecule has 1 aliphatic rings. The zero-order chi connectivity index (χ0) is 15.2. The van der Waals surface area contributed by atoms with Gasteiger partial charge in [-0.2, -0.15) is 0 Å². The van der Waals surface area contributed by atoms with Gasteiger partial charge in [0.25, 0.3) is 0 Å². The molecule has 5 nitrogen and oxygen atoms in total. The molecule has 1 amide bonds. The number of amides is 1. The van der Waals surface area contributed by atoms with Gasteiger partial charge in [0.15, 0.2) is 0 Å². The van der Waals surface area contributed by atoms with Crippen molar-refractivity contribution in [2.45, 2.75) is 38.4 Å². The molecule has 0 aliphatic heterocycles. The lowest BCUT2D eigenvalue weighted by atomic mass is 10.1. The van der Waals surface area contributed by atoms with Gasteiger partial charge in [0.1, 0.15) is 0 Å². The predicted molar refractivity (Wildman–Crippen MR) is 81.9 cm³/mol. The van der Waals surface area contributed by atoms with E-state index in [9.17, 15) is 9.90 Å². The third-order valence-electron chi connectivity index (χ3n) is 3.55. The first kappa shape index (κ1) is 15.9. The summed E-state index contributed by atoms with van der Waals surface area (Å²) in [6, 6.07) is 7.31. The molecule has 1 aliphatic carbocycles. The Morgan fingerprint density at radius 3 is 2.52 bits per heavy atom. The quantitative estimate of drug-likeness (QED) is 0.546. The Morgan fingerprint density at radius 1 is 1.29 bits per heavy atom. The lowest BCUT2D eigenvalue weighted by molar-refractivity contribution is -0.117. The minimum absolute atomic E-state index is 0.0885. The van der Waals surface area contributed by atoms with Gasteiger partial charge in [-0.05, 0) is 50.4 Å². The van der Waals surface area contributed by atoms with Crippen molar-refractivity contribution < 1.29 is 15.0 Å². The molecule has 2 unspecified atom stereocenters. The molecule has 1 saturated carbocycles. The molecular weight excluding hydrogens is 268 g/mol. The Kier molecular flexibility index (Phi) is 5.73. The summed E-state index contributed by atoms with van der Waals surface area (Å²) in [5.41, 5.74) is 1.60. The summed E-state index contributed by atoms with van der Waals surface area (Å²) in [5.74, 6) is 0.279. The van der Waals surface area contributed by atoms with Crippen molar-refractivity contribution in [2.75, 3.05) is 18.4 Å². The van der Waals surface area contributed by atoms with E-state index in [1.807, 2.05) is 24.3 Å². The van der Waals surface area contributed by atoms with Crippen molar-refractivity contribution in [3.8, 4) is 0 Å². The van der Waals surface area contributed by atoms with Crippen LogP contribution in [0.3, 0.4) is 0 Å². The summed E-state index contributed by atoms with van der Waals surface area (Å²) in [4.78, 5) is 11.6. The van der Waals surface area contributed by atoms with Crippen LogP contribution in [0.25, 0.3) is 0 Å². The van der Waals surface area contributed by atoms with Gasteiger partial charge in [0.2, 0.25) is 5.91 Å². The van der Waals surface area contributed by atoms with Crippen LogP contribution in [0.1, 0.15) is 37.9 Å². The van der Waals surface area contributed by atoms with E-state index < -0.39 is 6.10 Å².